The lowest BCUT2D eigenvalue weighted by atomic mass is 10.1. The van der Waals surface area contributed by atoms with Crippen LogP contribution in [0.2, 0.25) is 0 Å². The van der Waals surface area contributed by atoms with Crippen molar-refractivity contribution < 1.29 is 13.9 Å². The third kappa shape index (κ3) is 1.99. The van der Waals surface area contributed by atoms with Crippen LogP contribution in [-0.4, -0.2) is 12.6 Å². The number of hydrogen-bond donors (Lipinski definition) is 0. The van der Waals surface area contributed by atoms with E-state index in [0.717, 1.165) is 16.3 Å². The van der Waals surface area contributed by atoms with Crippen LogP contribution in [0.25, 0.3) is 10.8 Å². The summed E-state index contributed by atoms with van der Waals surface area (Å²) in [6.07, 6.45) is 0.430. The molecule has 0 spiro atoms. The number of halogens is 1. The fraction of sp³-hybridized carbons (Fsp3) is 0.235. The molecule has 0 fully saturated rings. The molecule has 0 aromatic heterocycles. The maximum atomic E-state index is 14.0. The Morgan fingerprint density at radius 1 is 1.35 bits per heavy atom. The number of ether oxygens (including phenoxy) is 1. The van der Waals surface area contributed by atoms with Crippen LogP contribution in [0.4, 0.5) is 4.39 Å². The molecular formula is C17H15FO2. The van der Waals surface area contributed by atoms with E-state index < -0.39 is 5.97 Å². The number of carbonyl (C=O) groups excluding carboxylic acids is 1. The molecule has 2 nitrogen and oxygen atoms in total. The average Bonchev–Trinajstić information content (AvgIpc) is 3.14. The van der Waals surface area contributed by atoms with Gasteiger partial charge in [-0.25, -0.2) is 9.18 Å². The first-order valence-corrected chi connectivity index (χ1v) is 6.69. The molecule has 0 heterocycles. The van der Waals surface area contributed by atoms with Crippen LogP contribution in [0.5, 0.6) is 0 Å². The Hall–Kier alpha value is -2.16. The highest BCUT2D eigenvalue weighted by Gasteiger charge is 2.39. The van der Waals surface area contributed by atoms with E-state index in [0.29, 0.717) is 24.2 Å². The molecule has 3 heteroatoms. The van der Waals surface area contributed by atoms with Gasteiger partial charge in [0.05, 0.1) is 6.61 Å². The van der Waals surface area contributed by atoms with Gasteiger partial charge < -0.3 is 4.74 Å². The highest BCUT2D eigenvalue weighted by Crippen LogP contribution is 2.52. The summed E-state index contributed by atoms with van der Waals surface area (Å²) in [4.78, 5) is 11.6. The Balaban J connectivity index is 1.87. The minimum Gasteiger partial charge on any atom is -0.463 e. The number of esters is 1. The quantitative estimate of drug-likeness (QED) is 0.621. The van der Waals surface area contributed by atoms with Gasteiger partial charge in [0.2, 0.25) is 0 Å². The second-order valence-corrected chi connectivity index (χ2v) is 4.99. The summed E-state index contributed by atoms with van der Waals surface area (Å²) in [7, 11) is 0. The van der Waals surface area contributed by atoms with Gasteiger partial charge in [-0.15, -0.1) is 0 Å². The molecule has 1 aliphatic rings. The molecule has 1 unspecified atom stereocenters. The van der Waals surface area contributed by atoms with Crippen molar-refractivity contribution in [2.75, 3.05) is 6.61 Å². The predicted octanol–water partition coefficient (Wildman–Crippen LogP) is 3.93. The fourth-order valence-electron chi connectivity index (χ4n) is 2.75. The van der Waals surface area contributed by atoms with E-state index in [4.69, 9.17) is 4.74 Å². The normalized spacial score (nSPS) is 15.8. The van der Waals surface area contributed by atoms with Gasteiger partial charge in [-0.1, -0.05) is 30.8 Å². The van der Waals surface area contributed by atoms with Crippen LogP contribution in [0, 0.1) is 5.82 Å². The van der Waals surface area contributed by atoms with Gasteiger partial charge in [-0.2, -0.15) is 0 Å². The summed E-state index contributed by atoms with van der Waals surface area (Å²) in [5, 5.41) is 1.96. The third-order valence-corrected chi connectivity index (χ3v) is 3.71. The molecule has 1 aliphatic carbocycles. The van der Waals surface area contributed by atoms with E-state index in [1.165, 1.54) is 0 Å². The predicted molar refractivity (Wildman–Crippen MR) is 76.1 cm³/mol. The summed E-state index contributed by atoms with van der Waals surface area (Å²) >= 11 is 0. The first-order valence-electron chi connectivity index (χ1n) is 6.69. The van der Waals surface area contributed by atoms with Crippen LogP contribution < -0.4 is 0 Å². The SMILES string of the molecule is C=C(CC1c2c(F)cc3ccccc3c21)C(=O)OCC. The second-order valence-electron chi connectivity index (χ2n) is 4.99. The van der Waals surface area contributed by atoms with Crippen molar-refractivity contribution in [2.24, 2.45) is 0 Å². The van der Waals surface area contributed by atoms with Gasteiger partial charge in [0.25, 0.3) is 0 Å². The molecule has 20 heavy (non-hydrogen) atoms. The lowest BCUT2D eigenvalue weighted by molar-refractivity contribution is -0.138. The van der Waals surface area contributed by atoms with Crippen LogP contribution in [0.3, 0.4) is 0 Å². The van der Waals surface area contributed by atoms with Gasteiger partial charge in [-0.05, 0) is 35.7 Å². The molecule has 102 valence electrons. The van der Waals surface area contributed by atoms with E-state index in [1.54, 1.807) is 13.0 Å². The monoisotopic (exact) mass is 270 g/mol. The lowest BCUT2D eigenvalue weighted by Gasteiger charge is -2.03. The van der Waals surface area contributed by atoms with Crippen LogP contribution in [-0.2, 0) is 9.53 Å². The number of carbonyl (C=O) groups is 1. The van der Waals surface area contributed by atoms with Gasteiger partial charge in [0, 0.05) is 17.1 Å². The van der Waals surface area contributed by atoms with Crippen molar-refractivity contribution in [3.63, 3.8) is 0 Å². The molecule has 3 rings (SSSR count). The zero-order valence-corrected chi connectivity index (χ0v) is 11.3. The standard InChI is InChI=1S/C17H15FO2/c1-3-20-17(19)10(2)8-13-15-12-7-5-4-6-11(12)9-14(18)16(13)15/h4-7,9,13H,2-3,8H2,1H3. The maximum absolute atomic E-state index is 14.0. The zero-order chi connectivity index (χ0) is 14.3. The molecule has 0 saturated carbocycles. The number of fused-ring (bicyclic) bond motifs is 3. The summed E-state index contributed by atoms with van der Waals surface area (Å²) in [5.74, 6) is -0.623. The Kier molecular flexibility index (Phi) is 3.05. The molecule has 0 bridgehead atoms. The summed E-state index contributed by atoms with van der Waals surface area (Å²) < 4.78 is 18.9. The summed E-state index contributed by atoms with van der Waals surface area (Å²) in [6, 6.07) is 9.27. The molecule has 2 aromatic rings. The highest BCUT2D eigenvalue weighted by atomic mass is 19.1. The molecule has 0 radical (unpaired) electrons. The molecule has 0 N–H and O–H groups in total. The second kappa shape index (κ2) is 4.75. The van der Waals surface area contributed by atoms with Crippen LogP contribution in [0.15, 0.2) is 42.5 Å². The zero-order valence-electron chi connectivity index (χ0n) is 11.3. The van der Waals surface area contributed by atoms with Crippen LogP contribution in [0.1, 0.15) is 30.4 Å². The van der Waals surface area contributed by atoms with Crippen molar-refractivity contribution in [3.05, 3.63) is 59.4 Å². The highest BCUT2D eigenvalue weighted by molar-refractivity contribution is 5.94. The minimum atomic E-state index is -0.394. The van der Waals surface area contributed by atoms with Gasteiger partial charge in [0.1, 0.15) is 5.82 Å². The Bertz CT molecular complexity index is 718. The molecule has 2 aromatic carbocycles. The fourth-order valence-corrected chi connectivity index (χ4v) is 2.75. The van der Waals surface area contributed by atoms with Crippen molar-refractivity contribution in [3.8, 4) is 0 Å². The minimum absolute atomic E-state index is 0.0354. The van der Waals surface area contributed by atoms with Crippen molar-refractivity contribution in [1.29, 1.82) is 0 Å². The third-order valence-electron chi connectivity index (χ3n) is 3.71. The lowest BCUT2D eigenvalue weighted by Crippen LogP contribution is -2.07. The summed E-state index contributed by atoms with van der Waals surface area (Å²) in [6.45, 7) is 5.83. The van der Waals surface area contributed by atoms with E-state index >= 15 is 0 Å². The number of hydrogen-bond acceptors (Lipinski definition) is 2. The van der Waals surface area contributed by atoms with Gasteiger partial charge >= 0.3 is 5.97 Å². The van der Waals surface area contributed by atoms with E-state index in [1.807, 2.05) is 24.3 Å². The van der Waals surface area contributed by atoms with Crippen molar-refractivity contribution in [1.82, 2.24) is 0 Å². The first kappa shape index (κ1) is 12.9. The van der Waals surface area contributed by atoms with Gasteiger partial charge in [0.15, 0.2) is 0 Å². The van der Waals surface area contributed by atoms with E-state index in [2.05, 4.69) is 6.58 Å². The molecular weight excluding hydrogens is 255 g/mol. The van der Waals surface area contributed by atoms with E-state index in [9.17, 15) is 9.18 Å². The van der Waals surface area contributed by atoms with Crippen LogP contribution >= 0.6 is 0 Å². The molecule has 1 atom stereocenters. The molecule has 0 amide bonds. The van der Waals surface area contributed by atoms with Crippen molar-refractivity contribution in [2.45, 2.75) is 19.3 Å². The molecule has 0 saturated heterocycles. The summed E-state index contributed by atoms with van der Waals surface area (Å²) in [5.41, 5.74) is 2.12. The maximum Gasteiger partial charge on any atom is 0.333 e. The van der Waals surface area contributed by atoms with Gasteiger partial charge in [-0.3, -0.25) is 0 Å². The smallest absolute Gasteiger partial charge is 0.333 e. The Morgan fingerprint density at radius 2 is 2.10 bits per heavy atom. The van der Waals surface area contributed by atoms with E-state index in [-0.39, 0.29) is 11.7 Å². The number of benzene rings is 2. The average molecular weight is 270 g/mol. The largest absolute Gasteiger partial charge is 0.463 e. The number of rotatable bonds is 4. The topological polar surface area (TPSA) is 26.3 Å². The Labute approximate surface area is 116 Å². The van der Waals surface area contributed by atoms with Crippen molar-refractivity contribution >= 4 is 16.7 Å². The Morgan fingerprint density at radius 3 is 2.85 bits per heavy atom. The first-order chi connectivity index (χ1) is 9.63. The molecule has 0 aliphatic heterocycles.